The van der Waals surface area contributed by atoms with Gasteiger partial charge in [0.15, 0.2) is 5.96 Å². The van der Waals surface area contributed by atoms with Gasteiger partial charge in [0.05, 0.1) is 6.10 Å². The third-order valence-electron chi connectivity index (χ3n) is 3.42. The molecule has 0 aromatic carbocycles. The number of aliphatic imine (C=N–C) groups is 1. The summed E-state index contributed by atoms with van der Waals surface area (Å²) in [5.41, 5.74) is 0. The van der Waals surface area contributed by atoms with Gasteiger partial charge >= 0.3 is 0 Å². The molecule has 0 spiro atoms. The van der Waals surface area contributed by atoms with Gasteiger partial charge in [-0.15, -0.1) is 0 Å². The van der Waals surface area contributed by atoms with Crippen LogP contribution in [0.2, 0.25) is 0 Å². The third-order valence-corrected chi connectivity index (χ3v) is 3.42. The predicted octanol–water partition coefficient (Wildman–Crippen LogP) is 2.55. The van der Waals surface area contributed by atoms with E-state index in [-0.39, 0.29) is 0 Å². The minimum absolute atomic E-state index is 0.520. The molecule has 0 aromatic heterocycles. The Labute approximate surface area is 118 Å². The van der Waals surface area contributed by atoms with Gasteiger partial charge in [0.2, 0.25) is 0 Å². The SMILES string of the molecule is CN=C(NCCCOC1CCCCC1)NCC(C)C. The van der Waals surface area contributed by atoms with Gasteiger partial charge in [-0.25, -0.2) is 0 Å². The molecule has 0 heterocycles. The maximum Gasteiger partial charge on any atom is 0.190 e. The van der Waals surface area contributed by atoms with Crippen molar-refractivity contribution in [1.82, 2.24) is 10.6 Å². The summed E-state index contributed by atoms with van der Waals surface area (Å²) in [6, 6.07) is 0. The Morgan fingerprint density at radius 3 is 2.58 bits per heavy atom. The zero-order valence-electron chi connectivity index (χ0n) is 12.9. The molecule has 0 radical (unpaired) electrons. The Hall–Kier alpha value is -0.770. The van der Waals surface area contributed by atoms with Gasteiger partial charge in [-0.2, -0.15) is 0 Å². The van der Waals surface area contributed by atoms with Crippen molar-refractivity contribution in [3.05, 3.63) is 0 Å². The van der Waals surface area contributed by atoms with E-state index in [1.54, 1.807) is 0 Å². The van der Waals surface area contributed by atoms with Crippen LogP contribution in [0.1, 0.15) is 52.4 Å². The number of nitrogens with one attached hydrogen (secondary N) is 2. The van der Waals surface area contributed by atoms with Gasteiger partial charge in [-0.3, -0.25) is 4.99 Å². The molecule has 4 nitrogen and oxygen atoms in total. The van der Waals surface area contributed by atoms with Crippen LogP contribution in [-0.4, -0.2) is 38.8 Å². The molecule has 0 saturated heterocycles. The zero-order valence-corrected chi connectivity index (χ0v) is 12.9. The maximum atomic E-state index is 5.90. The first-order chi connectivity index (χ1) is 9.22. The fraction of sp³-hybridized carbons (Fsp3) is 0.933. The van der Waals surface area contributed by atoms with E-state index >= 15 is 0 Å². The van der Waals surface area contributed by atoms with Crippen molar-refractivity contribution in [2.24, 2.45) is 10.9 Å². The molecule has 0 aliphatic heterocycles. The van der Waals surface area contributed by atoms with Crippen LogP contribution in [0.3, 0.4) is 0 Å². The minimum Gasteiger partial charge on any atom is -0.378 e. The summed E-state index contributed by atoms with van der Waals surface area (Å²) >= 11 is 0. The summed E-state index contributed by atoms with van der Waals surface area (Å²) < 4.78 is 5.90. The number of ether oxygens (including phenoxy) is 1. The van der Waals surface area contributed by atoms with Gasteiger partial charge in [0.1, 0.15) is 0 Å². The fourth-order valence-corrected chi connectivity index (χ4v) is 2.28. The van der Waals surface area contributed by atoms with E-state index in [4.69, 9.17) is 4.74 Å². The fourth-order valence-electron chi connectivity index (χ4n) is 2.28. The molecule has 0 amide bonds. The molecule has 1 aliphatic rings. The van der Waals surface area contributed by atoms with E-state index in [0.29, 0.717) is 12.0 Å². The third kappa shape index (κ3) is 8.09. The highest BCUT2D eigenvalue weighted by Gasteiger charge is 2.12. The average molecular weight is 269 g/mol. The Balaban J connectivity index is 1.99. The van der Waals surface area contributed by atoms with Gasteiger partial charge in [-0.1, -0.05) is 33.1 Å². The summed E-state index contributed by atoms with van der Waals surface area (Å²) in [6.45, 7) is 7.12. The number of hydrogen-bond acceptors (Lipinski definition) is 2. The molecule has 1 fully saturated rings. The van der Waals surface area contributed by atoms with E-state index in [9.17, 15) is 0 Å². The Bertz CT molecular complexity index is 248. The van der Waals surface area contributed by atoms with Crippen LogP contribution in [0.25, 0.3) is 0 Å². The monoisotopic (exact) mass is 269 g/mol. The largest absolute Gasteiger partial charge is 0.378 e. The minimum atomic E-state index is 0.520. The number of guanidine groups is 1. The molecule has 0 unspecified atom stereocenters. The molecule has 4 heteroatoms. The molecular weight excluding hydrogens is 238 g/mol. The molecule has 0 bridgehead atoms. The van der Waals surface area contributed by atoms with Gasteiger partial charge in [0.25, 0.3) is 0 Å². The molecule has 2 N–H and O–H groups in total. The highest BCUT2D eigenvalue weighted by atomic mass is 16.5. The maximum absolute atomic E-state index is 5.90. The molecule has 1 rings (SSSR count). The Morgan fingerprint density at radius 1 is 1.21 bits per heavy atom. The normalized spacial score (nSPS) is 17.8. The van der Waals surface area contributed by atoms with Crippen LogP contribution in [-0.2, 0) is 4.74 Å². The van der Waals surface area contributed by atoms with Crippen LogP contribution >= 0.6 is 0 Å². The van der Waals surface area contributed by atoms with E-state index < -0.39 is 0 Å². The zero-order chi connectivity index (χ0) is 13.9. The van der Waals surface area contributed by atoms with Crippen molar-refractivity contribution < 1.29 is 4.74 Å². The van der Waals surface area contributed by atoms with Crippen molar-refractivity contribution in [3.8, 4) is 0 Å². The van der Waals surface area contributed by atoms with Crippen LogP contribution < -0.4 is 10.6 Å². The molecule has 0 aromatic rings. The Morgan fingerprint density at radius 2 is 1.95 bits per heavy atom. The number of hydrogen-bond donors (Lipinski definition) is 2. The molecule has 112 valence electrons. The molecule has 1 saturated carbocycles. The van der Waals surface area contributed by atoms with Crippen molar-refractivity contribution in [1.29, 1.82) is 0 Å². The van der Waals surface area contributed by atoms with Gasteiger partial charge < -0.3 is 15.4 Å². The lowest BCUT2D eigenvalue weighted by atomic mass is 9.98. The quantitative estimate of drug-likeness (QED) is 0.424. The number of nitrogens with zero attached hydrogens (tertiary/aromatic N) is 1. The second-order valence-electron chi connectivity index (χ2n) is 5.76. The van der Waals surface area contributed by atoms with Crippen LogP contribution in [0.5, 0.6) is 0 Å². The second-order valence-corrected chi connectivity index (χ2v) is 5.76. The van der Waals surface area contributed by atoms with Gasteiger partial charge in [0, 0.05) is 26.7 Å². The topological polar surface area (TPSA) is 45.7 Å². The average Bonchev–Trinajstić information content (AvgIpc) is 2.42. The molecular formula is C15H31N3O. The summed E-state index contributed by atoms with van der Waals surface area (Å²) in [6.07, 6.45) is 8.14. The van der Waals surface area contributed by atoms with Crippen molar-refractivity contribution in [2.75, 3.05) is 26.7 Å². The van der Waals surface area contributed by atoms with Crippen molar-refractivity contribution in [2.45, 2.75) is 58.5 Å². The van der Waals surface area contributed by atoms with Crippen LogP contribution in [0.4, 0.5) is 0 Å². The first kappa shape index (κ1) is 16.3. The summed E-state index contributed by atoms with van der Waals surface area (Å²) in [7, 11) is 1.81. The van der Waals surface area contributed by atoms with Crippen LogP contribution in [0.15, 0.2) is 4.99 Å². The van der Waals surface area contributed by atoms with E-state index in [2.05, 4.69) is 29.5 Å². The Kier molecular flexibility index (Phi) is 8.63. The lowest BCUT2D eigenvalue weighted by Gasteiger charge is -2.22. The van der Waals surface area contributed by atoms with E-state index in [1.165, 1.54) is 32.1 Å². The lowest BCUT2D eigenvalue weighted by Crippen LogP contribution is -2.39. The summed E-state index contributed by atoms with van der Waals surface area (Å²) in [5, 5.41) is 6.63. The first-order valence-corrected chi connectivity index (χ1v) is 7.78. The molecule has 19 heavy (non-hydrogen) atoms. The first-order valence-electron chi connectivity index (χ1n) is 7.78. The second kappa shape index (κ2) is 10.1. The number of rotatable bonds is 7. The predicted molar refractivity (Wildman–Crippen MR) is 81.6 cm³/mol. The van der Waals surface area contributed by atoms with Crippen molar-refractivity contribution >= 4 is 5.96 Å². The van der Waals surface area contributed by atoms with E-state index in [1.807, 2.05) is 7.05 Å². The highest BCUT2D eigenvalue weighted by Crippen LogP contribution is 2.20. The van der Waals surface area contributed by atoms with Gasteiger partial charge in [-0.05, 0) is 25.2 Å². The van der Waals surface area contributed by atoms with Crippen LogP contribution in [0, 0.1) is 5.92 Å². The summed E-state index contributed by atoms with van der Waals surface area (Å²) in [4.78, 5) is 4.20. The molecule has 1 aliphatic carbocycles. The smallest absolute Gasteiger partial charge is 0.190 e. The lowest BCUT2D eigenvalue weighted by molar-refractivity contribution is 0.0277. The summed E-state index contributed by atoms with van der Waals surface area (Å²) in [5.74, 6) is 1.53. The standard InChI is InChI=1S/C15H31N3O/c1-13(2)12-18-15(16-3)17-10-7-11-19-14-8-5-4-6-9-14/h13-14H,4-12H2,1-3H3,(H2,16,17,18). The highest BCUT2D eigenvalue weighted by molar-refractivity contribution is 5.79. The molecule has 0 atom stereocenters. The van der Waals surface area contributed by atoms with Crippen molar-refractivity contribution in [3.63, 3.8) is 0 Å². The van der Waals surface area contributed by atoms with E-state index in [0.717, 1.165) is 32.1 Å².